The number of halogens is 1. The van der Waals surface area contributed by atoms with Crippen LogP contribution in [-0.4, -0.2) is 29.2 Å². The third-order valence-electron chi connectivity index (χ3n) is 7.16. The van der Waals surface area contributed by atoms with Crippen LogP contribution in [0.3, 0.4) is 0 Å². The smallest absolute Gasteiger partial charge is 0.246 e. The maximum absolute atomic E-state index is 13.7. The molecule has 1 aliphatic carbocycles. The highest BCUT2D eigenvalue weighted by Gasteiger charge is 2.40. The van der Waals surface area contributed by atoms with E-state index >= 15 is 0 Å². The number of fused-ring (bicyclic) bond motifs is 1. The number of hydrogen-bond acceptors (Lipinski definition) is 6. The third-order valence-corrected chi connectivity index (χ3v) is 7.85. The molecule has 2 aromatic carbocycles. The van der Waals surface area contributed by atoms with Crippen molar-refractivity contribution >= 4 is 39.3 Å². The van der Waals surface area contributed by atoms with E-state index in [0.29, 0.717) is 18.2 Å². The van der Waals surface area contributed by atoms with Gasteiger partial charge in [0.25, 0.3) is 0 Å². The molecule has 0 bridgehead atoms. The minimum Gasteiger partial charge on any atom is -0.490 e. The Morgan fingerprint density at radius 2 is 2.14 bits per heavy atom. The molecule has 1 aliphatic heterocycles. The molecule has 2 heterocycles. The zero-order chi connectivity index (χ0) is 25.9. The second-order valence-corrected chi connectivity index (χ2v) is 10.6. The number of carbonyl (C=O) groups excluding carboxylic acids is 1. The molecule has 1 amide bonds. The van der Waals surface area contributed by atoms with Crippen molar-refractivity contribution in [2.45, 2.75) is 69.9 Å². The van der Waals surface area contributed by atoms with Gasteiger partial charge >= 0.3 is 0 Å². The van der Waals surface area contributed by atoms with Crippen LogP contribution in [0.25, 0.3) is 6.08 Å². The Morgan fingerprint density at radius 1 is 1.30 bits per heavy atom. The molecule has 2 unspecified atom stereocenters. The Labute approximate surface area is 226 Å². The molecule has 3 aromatic rings. The summed E-state index contributed by atoms with van der Waals surface area (Å²) in [6.07, 6.45) is 7.41. The van der Waals surface area contributed by atoms with Crippen LogP contribution in [-0.2, 0) is 11.3 Å². The van der Waals surface area contributed by atoms with Crippen LogP contribution in [0.4, 0.5) is 11.4 Å². The standard InChI is InChI=1S/C29H33BrN4O3/c1-4-7-20(36-21-13-15-24(31-3)18(5-2)16-21)12-14-22-27-23(30)8-6-9-25(27)34(29(22)35)17-26-32-28(33-37-26)19-10-11-19/h5-6,8-9,13,15-16,19-20,22,31H,2,4,7,10-12,14,17H2,1,3H3. The van der Waals surface area contributed by atoms with Crippen LogP contribution in [0, 0.1) is 0 Å². The molecule has 0 spiro atoms. The number of amides is 1. The molecule has 2 atom stereocenters. The molecule has 7 nitrogen and oxygen atoms in total. The molecule has 194 valence electrons. The summed E-state index contributed by atoms with van der Waals surface area (Å²) in [7, 11) is 1.89. The van der Waals surface area contributed by atoms with E-state index in [1.807, 2.05) is 49.5 Å². The molecule has 37 heavy (non-hydrogen) atoms. The van der Waals surface area contributed by atoms with Crippen molar-refractivity contribution in [2.24, 2.45) is 0 Å². The number of ether oxygens (including phenoxy) is 1. The Kier molecular flexibility index (Phi) is 7.65. The van der Waals surface area contributed by atoms with Crippen LogP contribution in [0.15, 0.2) is 52.0 Å². The SMILES string of the molecule is C=Cc1cc(OC(CCC)CCC2C(=O)N(Cc3nc(C4CC4)no3)c3cccc(Br)c32)ccc1NC. The normalized spacial score (nSPS) is 17.5. The summed E-state index contributed by atoms with van der Waals surface area (Å²) < 4.78 is 12.9. The summed E-state index contributed by atoms with van der Waals surface area (Å²) in [5.74, 6) is 2.28. The number of nitrogens with one attached hydrogen (secondary N) is 1. The third kappa shape index (κ3) is 5.44. The van der Waals surface area contributed by atoms with Crippen LogP contribution in [0.1, 0.15) is 80.1 Å². The first-order valence-electron chi connectivity index (χ1n) is 13.1. The fraction of sp³-hybridized carbons (Fsp3) is 0.414. The van der Waals surface area contributed by atoms with E-state index in [-0.39, 0.29) is 24.5 Å². The molecule has 5 rings (SSSR count). The summed E-state index contributed by atoms with van der Waals surface area (Å²) in [6.45, 7) is 6.36. The number of anilines is 2. The lowest BCUT2D eigenvalue weighted by atomic mass is 9.93. The lowest BCUT2D eigenvalue weighted by molar-refractivity contribution is -0.119. The second kappa shape index (κ2) is 11.1. The van der Waals surface area contributed by atoms with Crippen LogP contribution >= 0.6 is 15.9 Å². The second-order valence-electron chi connectivity index (χ2n) is 9.78. The van der Waals surface area contributed by atoms with Gasteiger partial charge in [-0.3, -0.25) is 4.79 Å². The van der Waals surface area contributed by atoms with Crippen molar-refractivity contribution in [2.75, 3.05) is 17.3 Å². The van der Waals surface area contributed by atoms with E-state index in [0.717, 1.165) is 70.7 Å². The summed E-state index contributed by atoms with van der Waals surface area (Å²) >= 11 is 3.70. The van der Waals surface area contributed by atoms with Gasteiger partial charge in [-0.2, -0.15) is 4.98 Å². The highest BCUT2D eigenvalue weighted by molar-refractivity contribution is 9.10. The first-order chi connectivity index (χ1) is 18.0. The minimum absolute atomic E-state index is 0.00734. The first kappa shape index (κ1) is 25.5. The average molecular weight is 566 g/mol. The fourth-order valence-electron chi connectivity index (χ4n) is 5.08. The van der Waals surface area contributed by atoms with E-state index in [4.69, 9.17) is 9.26 Å². The monoisotopic (exact) mass is 564 g/mol. The lowest BCUT2D eigenvalue weighted by Gasteiger charge is -2.21. The van der Waals surface area contributed by atoms with Crippen LogP contribution < -0.4 is 15.0 Å². The minimum atomic E-state index is -0.255. The topological polar surface area (TPSA) is 80.5 Å². The van der Waals surface area contributed by atoms with Crippen molar-refractivity contribution in [3.63, 3.8) is 0 Å². The fourth-order valence-corrected chi connectivity index (χ4v) is 5.71. The number of nitrogens with zero attached hydrogens (tertiary/aromatic N) is 3. The molecule has 1 fully saturated rings. The van der Waals surface area contributed by atoms with Crippen molar-refractivity contribution in [3.05, 3.63) is 70.3 Å². The number of hydrogen-bond donors (Lipinski definition) is 1. The van der Waals surface area contributed by atoms with Crippen molar-refractivity contribution < 1.29 is 14.1 Å². The zero-order valence-electron chi connectivity index (χ0n) is 21.4. The van der Waals surface area contributed by atoms with Gasteiger partial charge in [0.05, 0.1) is 12.0 Å². The van der Waals surface area contributed by atoms with Gasteiger partial charge in [0.2, 0.25) is 11.8 Å². The van der Waals surface area contributed by atoms with Gasteiger partial charge in [0.1, 0.15) is 12.3 Å². The summed E-state index contributed by atoms with van der Waals surface area (Å²) in [4.78, 5) is 20.0. The molecule has 0 radical (unpaired) electrons. The maximum Gasteiger partial charge on any atom is 0.246 e. The highest BCUT2D eigenvalue weighted by atomic mass is 79.9. The predicted octanol–water partition coefficient (Wildman–Crippen LogP) is 7.05. The summed E-state index contributed by atoms with van der Waals surface area (Å²) in [5, 5.41) is 7.30. The van der Waals surface area contributed by atoms with Crippen LogP contribution in [0.2, 0.25) is 0 Å². The van der Waals surface area contributed by atoms with Gasteiger partial charge in [-0.05, 0) is 62.4 Å². The van der Waals surface area contributed by atoms with Crippen molar-refractivity contribution in [3.8, 4) is 5.75 Å². The molecule has 1 aromatic heterocycles. The van der Waals surface area contributed by atoms with Gasteiger partial charge in [-0.15, -0.1) is 0 Å². The molecule has 2 aliphatic rings. The number of rotatable bonds is 12. The Bertz CT molecular complexity index is 1290. The molecular formula is C29H33BrN4O3. The van der Waals surface area contributed by atoms with E-state index in [2.05, 4.69) is 44.9 Å². The van der Waals surface area contributed by atoms with Gasteiger partial charge in [-0.25, -0.2) is 0 Å². The number of aromatic nitrogens is 2. The summed E-state index contributed by atoms with van der Waals surface area (Å²) in [5.41, 5.74) is 3.94. The Morgan fingerprint density at radius 3 is 2.86 bits per heavy atom. The molecule has 1 N–H and O–H groups in total. The average Bonchev–Trinajstić information content (AvgIpc) is 3.59. The number of benzene rings is 2. The van der Waals surface area contributed by atoms with Gasteiger partial charge < -0.3 is 19.5 Å². The van der Waals surface area contributed by atoms with Crippen molar-refractivity contribution in [1.82, 2.24) is 10.1 Å². The van der Waals surface area contributed by atoms with Gasteiger partial charge in [0, 0.05) is 39.9 Å². The van der Waals surface area contributed by atoms with Gasteiger partial charge in [0.15, 0.2) is 5.82 Å². The quantitative estimate of drug-likeness (QED) is 0.254. The van der Waals surface area contributed by atoms with E-state index < -0.39 is 0 Å². The first-order valence-corrected chi connectivity index (χ1v) is 13.8. The molecule has 8 heteroatoms. The van der Waals surface area contributed by atoms with Crippen LogP contribution in [0.5, 0.6) is 5.75 Å². The highest BCUT2D eigenvalue weighted by Crippen LogP contribution is 2.45. The van der Waals surface area contributed by atoms with E-state index in [9.17, 15) is 4.79 Å². The number of carbonyl (C=O) groups is 1. The molecular weight excluding hydrogens is 532 g/mol. The Hall–Kier alpha value is -3.13. The summed E-state index contributed by atoms with van der Waals surface area (Å²) in [6, 6.07) is 12.0. The zero-order valence-corrected chi connectivity index (χ0v) is 23.0. The van der Waals surface area contributed by atoms with E-state index in [1.165, 1.54) is 0 Å². The molecule has 0 saturated heterocycles. The van der Waals surface area contributed by atoms with E-state index in [1.54, 1.807) is 4.90 Å². The predicted molar refractivity (Wildman–Crippen MR) is 149 cm³/mol. The van der Waals surface area contributed by atoms with Crippen molar-refractivity contribution in [1.29, 1.82) is 0 Å². The molecule has 1 saturated carbocycles. The Balaban J connectivity index is 1.32. The van der Waals surface area contributed by atoms with Gasteiger partial charge in [-0.1, -0.05) is 53.2 Å². The maximum atomic E-state index is 13.7. The lowest BCUT2D eigenvalue weighted by Crippen LogP contribution is -2.29. The largest absolute Gasteiger partial charge is 0.490 e.